The van der Waals surface area contributed by atoms with Gasteiger partial charge in [0.05, 0.1) is 6.04 Å². The molecule has 0 amide bonds. The summed E-state index contributed by atoms with van der Waals surface area (Å²) in [5.74, 6) is -1.55. The molecule has 3 unspecified atom stereocenters. The molecule has 4 heteroatoms. The molecule has 0 bridgehead atoms. The summed E-state index contributed by atoms with van der Waals surface area (Å²) >= 11 is 0. The summed E-state index contributed by atoms with van der Waals surface area (Å²) in [6.07, 6.45) is 3.20. The van der Waals surface area contributed by atoms with Gasteiger partial charge in [-0.25, -0.2) is 8.78 Å². The summed E-state index contributed by atoms with van der Waals surface area (Å²) in [6.45, 7) is 4.57. The lowest BCUT2D eigenvalue weighted by atomic mass is 10.0. The molecule has 1 aliphatic heterocycles. The zero-order chi connectivity index (χ0) is 14.0. The Morgan fingerprint density at radius 2 is 2.11 bits per heavy atom. The van der Waals surface area contributed by atoms with Crippen LogP contribution in [0.4, 0.5) is 8.78 Å². The second-order valence-corrected chi connectivity index (χ2v) is 5.33. The Morgan fingerprint density at radius 1 is 1.37 bits per heavy atom. The standard InChI is InChI=1S/C15H22F2N2/c1-3-11-8-7-10(2)19(11)14(9-18)12-5-4-6-13(16)15(12)17/h4-6,10-11,14H,3,7-9,18H2,1-2H3. The van der Waals surface area contributed by atoms with E-state index in [0.29, 0.717) is 24.2 Å². The van der Waals surface area contributed by atoms with Gasteiger partial charge in [-0.15, -0.1) is 0 Å². The van der Waals surface area contributed by atoms with Crippen LogP contribution in [0.2, 0.25) is 0 Å². The van der Waals surface area contributed by atoms with Crippen molar-refractivity contribution in [3.63, 3.8) is 0 Å². The smallest absolute Gasteiger partial charge is 0.163 e. The van der Waals surface area contributed by atoms with E-state index in [0.717, 1.165) is 25.3 Å². The van der Waals surface area contributed by atoms with E-state index in [-0.39, 0.29) is 6.04 Å². The van der Waals surface area contributed by atoms with Crippen molar-refractivity contribution < 1.29 is 8.78 Å². The van der Waals surface area contributed by atoms with Crippen LogP contribution < -0.4 is 5.73 Å². The SMILES string of the molecule is CCC1CCC(C)N1C(CN)c1cccc(F)c1F. The van der Waals surface area contributed by atoms with Crippen molar-refractivity contribution in [3.8, 4) is 0 Å². The molecule has 2 rings (SSSR count). The zero-order valence-electron chi connectivity index (χ0n) is 11.6. The number of hydrogen-bond donors (Lipinski definition) is 1. The molecular weight excluding hydrogens is 246 g/mol. The first-order valence-corrected chi connectivity index (χ1v) is 7.01. The first-order chi connectivity index (χ1) is 9.10. The van der Waals surface area contributed by atoms with Crippen molar-refractivity contribution >= 4 is 0 Å². The van der Waals surface area contributed by atoms with E-state index in [4.69, 9.17) is 5.73 Å². The first kappa shape index (κ1) is 14.4. The van der Waals surface area contributed by atoms with Gasteiger partial charge in [-0.2, -0.15) is 0 Å². The fourth-order valence-corrected chi connectivity index (χ4v) is 3.26. The normalized spacial score (nSPS) is 25.7. The third-order valence-electron chi connectivity index (χ3n) is 4.24. The van der Waals surface area contributed by atoms with Crippen LogP contribution in [0.3, 0.4) is 0 Å². The molecule has 1 heterocycles. The van der Waals surface area contributed by atoms with Crippen LogP contribution in [0.15, 0.2) is 18.2 Å². The molecule has 3 atom stereocenters. The average molecular weight is 268 g/mol. The molecule has 0 aromatic heterocycles. The minimum absolute atomic E-state index is 0.238. The van der Waals surface area contributed by atoms with E-state index >= 15 is 0 Å². The number of hydrogen-bond acceptors (Lipinski definition) is 2. The highest BCUT2D eigenvalue weighted by molar-refractivity contribution is 5.24. The maximum absolute atomic E-state index is 14.0. The molecular formula is C15H22F2N2. The second-order valence-electron chi connectivity index (χ2n) is 5.33. The van der Waals surface area contributed by atoms with E-state index in [1.807, 2.05) is 0 Å². The minimum Gasteiger partial charge on any atom is -0.329 e. The molecule has 0 saturated carbocycles. The summed E-state index contributed by atoms with van der Waals surface area (Å²) in [6, 6.07) is 4.88. The minimum atomic E-state index is -0.796. The van der Waals surface area contributed by atoms with Crippen molar-refractivity contribution in [1.82, 2.24) is 4.90 Å². The van der Waals surface area contributed by atoms with Gasteiger partial charge in [-0.3, -0.25) is 4.90 Å². The maximum Gasteiger partial charge on any atom is 0.163 e. The Labute approximate surface area is 113 Å². The lowest BCUT2D eigenvalue weighted by Gasteiger charge is -2.35. The third-order valence-corrected chi connectivity index (χ3v) is 4.24. The van der Waals surface area contributed by atoms with Crippen LogP contribution in [0.1, 0.15) is 44.7 Å². The van der Waals surface area contributed by atoms with Crippen LogP contribution in [0, 0.1) is 11.6 Å². The van der Waals surface area contributed by atoms with Gasteiger partial charge in [0, 0.05) is 24.2 Å². The van der Waals surface area contributed by atoms with Crippen molar-refractivity contribution in [2.45, 2.75) is 51.2 Å². The highest BCUT2D eigenvalue weighted by Crippen LogP contribution is 2.35. The van der Waals surface area contributed by atoms with E-state index in [2.05, 4.69) is 18.7 Å². The highest BCUT2D eigenvalue weighted by atomic mass is 19.2. The Hall–Kier alpha value is -1.00. The Bertz CT molecular complexity index is 436. The summed E-state index contributed by atoms with van der Waals surface area (Å²) < 4.78 is 27.4. The van der Waals surface area contributed by atoms with Crippen LogP contribution in [0.5, 0.6) is 0 Å². The van der Waals surface area contributed by atoms with Gasteiger partial charge >= 0.3 is 0 Å². The van der Waals surface area contributed by atoms with Gasteiger partial charge in [0.1, 0.15) is 0 Å². The van der Waals surface area contributed by atoms with Gasteiger partial charge < -0.3 is 5.73 Å². The molecule has 1 aromatic carbocycles. The van der Waals surface area contributed by atoms with Crippen LogP contribution in [0.25, 0.3) is 0 Å². The first-order valence-electron chi connectivity index (χ1n) is 7.01. The molecule has 106 valence electrons. The highest BCUT2D eigenvalue weighted by Gasteiger charge is 2.36. The van der Waals surface area contributed by atoms with E-state index in [1.165, 1.54) is 0 Å². The zero-order valence-corrected chi connectivity index (χ0v) is 11.6. The largest absolute Gasteiger partial charge is 0.329 e. The topological polar surface area (TPSA) is 29.3 Å². The lowest BCUT2D eigenvalue weighted by Crippen LogP contribution is -2.41. The number of likely N-dealkylation sites (tertiary alicyclic amines) is 1. The molecule has 1 aliphatic rings. The fourth-order valence-electron chi connectivity index (χ4n) is 3.26. The lowest BCUT2D eigenvalue weighted by molar-refractivity contribution is 0.133. The fraction of sp³-hybridized carbons (Fsp3) is 0.600. The summed E-state index contributed by atoms with van der Waals surface area (Å²) in [4.78, 5) is 2.26. The number of nitrogens with zero attached hydrogens (tertiary/aromatic N) is 1. The Kier molecular flexibility index (Phi) is 4.53. The van der Waals surface area contributed by atoms with Crippen molar-refractivity contribution in [2.75, 3.05) is 6.54 Å². The molecule has 2 N–H and O–H groups in total. The maximum atomic E-state index is 14.0. The van der Waals surface area contributed by atoms with Crippen LogP contribution in [-0.2, 0) is 0 Å². The molecule has 19 heavy (non-hydrogen) atoms. The van der Waals surface area contributed by atoms with Crippen molar-refractivity contribution in [1.29, 1.82) is 0 Å². The molecule has 1 aromatic rings. The predicted molar refractivity (Wildman–Crippen MR) is 72.8 cm³/mol. The molecule has 0 radical (unpaired) electrons. The van der Waals surface area contributed by atoms with Gasteiger partial charge in [0.25, 0.3) is 0 Å². The van der Waals surface area contributed by atoms with Gasteiger partial charge in [0.2, 0.25) is 0 Å². The quantitative estimate of drug-likeness (QED) is 0.908. The molecule has 2 nitrogen and oxygen atoms in total. The van der Waals surface area contributed by atoms with Crippen molar-refractivity contribution in [3.05, 3.63) is 35.4 Å². The monoisotopic (exact) mass is 268 g/mol. The number of benzene rings is 1. The number of rotatable bonds is 4. The third kappa shape index (κ3) is 2.65. The second kappa shape index (κ2) is 5.97. The van der Waals surface area contributed by atoms with Gasteiger partial charge in [-0.05, 0) is 32.3 Å². The Morgan fingerprint density at radius 3 is 2.74 bits per heavy atom. The predicted octanol–water partition coefficient (Wildman–Crippen LogP) is 3.23. The summed E-state index contributed by atoms with van der Waals surface area (Å²) in [7, 11) is 0. The number of nitrogens with two attached hydrogens (primary N) is 1. The van der Waals surface area contributed by atoms with Gasteiger partial charge in [-0.1, -0.05) is 19.1 Å². The van der Waals surface area contributed by atoms with E-state index in [9.17, 15) is 8.78 Å². The Balaban J connectivity index is 2.36. The molecule has 1 fully saturated rings. The molecule has 0 spiro atoms. The number of halogens is 2. The van der Waals surface area contributed by atoms with E-state index in [1.54, 1.807) is 12.1 Å². The summed E-state index contributed by atoms with van der Waals surface area (Å²) in [5.41, 5.74) is 6.24. The van der Waals surface area contributed by atoms with Crippen LogP contribution >= 0.6 is 0 Å². The molecule has 1 saturated heterocycles. The average Bonchev–Trinajstić information content (AvgIpc) is 2.77. The molecule has 0 aliphatic carbocycles. The van der Waals surface area contributed by atoms with Gasteiger partial charge in [0.15, 0.2) is 11.6 Å². The van der Waals surface area contributed by atoms with Crippen LogP contribution in [-0.4, -0.2) is 23.5 Å². The van der Waals surface area contributed by atoms with Crippen molar-refractivity contribution in [2.24, 2.45) is 5.73 Å². The van der Waals surface area contributed by atoms with E-state index < -0.39 is 11.6 Å². The summed E-state index contributed by atoms with van der Waals surface area (Å²) in [5, 5.41) is 0.